The van der Waals surface area contributed by atoms with Crippen LogP contribution in [0.25, 0.3) is 5.82 Å². The van der Waals surface area contributed by atoms with Crippen LogP contribution in [-0.4, -0.2) is 93.5 Å². The Morgan fingerprint density at radius 2 is 2.00 bits per heavy atom. The number of pyridine rings is 1. The number of nitrogens with zero attached hydrogens (tertiary/aromatic N) is 6. The predicted octanol–water partition coefficient (Wildman–Crippen LogP) is 0.653. The van der Waals surface area contributed by atoms with Crippen LogP contribution < -0.4 is 10.2 Å². The highest BCUT2D eigenvalue weighted by atomic mass is 32.2. The minimum atomic E-state index is -0.0117. The van der Waals surface area contributed by atoms with Crippen molar-refractivity contribution < 1.29 is 4.79 Å². The molecule has 0 aliphatic carbocycles. The van der Waals surface area contributed by atoms with Gasteiger partial charge in [0.2, 0.25) is 5.91 Å². The van der Waals surface area contributed by atoms with Gasteiger partial charge in [-0.3, -0.25) is 9.69 Å². The maximum absolute atomic E-state index is 12.7. The summed E-state index contributed by atoms with van der Waals surface area (Å²) in [5.74, 6) is 4.14. The summed E-state index contributed by atoms with van der Waals surface area (Å²) >= 11 is 1.85. The molecular formula is C20H27N7OS. The molecule has 1 amide bonds. The first-order valence-electron chi connectivity index (χ1n) is 10.3. The molecule has 2 aromatic heterocycles. The first kappa shape index (κ1) is 18.9. The summed E-state index contributed by atoms with van der Waals surface area (Å²) in [6.07, 6.45) is 4.56. The average molecular weight is 414 g/mol. The second-order valence-electron chi connectivity index (χ2n) is 7.80. The third kappa shape index (κ3) is 3.86. The van der Waals surface area contributed by atoms with E-state index in [9.17, 15) is 4.79 Å². The van der Waals surface area contributed by atoms with E-state index >= 15 is 0 Å². The molecule has 2 aromatic rings. The number of carbonyl (C=O) groups excluding carboxylic acids is 1. The Bertz CT molecular complexity index is 830. The highest BCUT2D eigenvalue weighted by Crippen LogP contribution is 2.23. The quantitative estimate of drug-likeness (QED) is 0.789. The minimum Gasteiger partial charge on any atom is -0.354 e. The number of rotatable bonds is 4. The molecule has 3 fully saturated rings. The van der Waals surface area contributed by atoms with Crippen LogP contribution in [0.4, 0.5) is 5.82 Å². The third-order valence-electron chi connectivity index (χ3n) is 6.11. The van der Waals surface area contributed by atoms with Crippen molar-refractivity contribution in [2.45, 2.75) is 18.5 Å². The van der Waals surface area contributed by atoms with Gasteiger partial charge in [0.1, 0.15) is 5.82 Å². The lowest BCUT2D eigenvalue weighted by molar-refractivity contribution is -0.131. The van der Waals surface area contributed by atoms with Crippen LogP contribution in [0.2, 0.25) is 0 Å². The van der Waals surface area contributed by atoms with Gasteiger partial charge in [-0.05, 0) is 18.6 Å². The normalized spacial score (nSPS) is 25.7. The lowest BCUT2D eigenvalue weighted by Crippen LogP contribution is -2.51. The molecule has 154 valence electrons. The number of hydrogen-bond donors (Lipinski definition) is 1. The fourth-order valence-electron chi connectivity index (χ4n) is 4.50. The molecule has 5 heterocycles. The molecule has 0 spiro atoms. The van der Waals surface area contributed by atoms with E-state index in [1.807, 2.05) is 45.7 Å². The summed E-state index contributed by atoms with van der Waals surface area (Å²) < 4.78 is 1.91. The first-order valence-corrected chi connectivity index (χ1v) is 11.5. The van der Waals surface area contributed by atoms with E-state index < -0.39 is 0 Å². The largest absolute Gasteiger partial charge is 0.354 e. The summed E-state index contributed by atoms with van der Waals surface area (Å²) in [6, 6.07) is 8.38. The number of hydrogen-bond acceptors (Lipinski definition) is 7. The van der Waals surface area contributed by atoms with Crippen molar-refractivity contribution in [1.82, 2.24) is 29.9 Å². The smallest absolute Gasteiger partial charge is 0.240 e. The topological polar surface area (TPSA) is 69.5 Å². The molecule has 0 saturated carbocycles. The average Bonchev–Trinajstić information content (AvgIpc) is 3.56. The highest BCUT2D eigenvalue weighted by molar-refractivity contribution is 7.99. The number of thioether (sulfide) groups is 1. The maximum atomic E-state index is 12.7. The molecule has 29 heavy (non-hydrogen) atoms. The Labute approximate surface area is 175 Å². The van der Waals surface area contributed by atoms with Gasteiger partial charge in [-0.1, -0.05) is 6.07 Å². The summed E-state index contributed by atoms with van der Waals surface area (Å²) in [7, 11) is 0. The Kier molecular flexibility index (Phi) is 5.43. The molecular weight excluding hydrogens is 386 g/mol. The molecule has 3 aliphatic rings. The molecule has 1 N–H and O–H groups in total. The summed E-state index contributed by atoms with van der Waals surface area (Å²) in [4.78, 5) is 24.0. The monoisotopic (exact) mass is 413 g/mol. The molecule has 3 saturated heterocycles. The van der Waals surface area contributed by atoms with Crippen LogP contribution in [0.5, 0.6) is 0 Å². The van der Waals surface area contributed by atoms with Crippen LogP contribution >= 0.6 is 11.8 Å². The van der Waals surface area contributed by atoms with Crippen molar-refractivity contribution in [2.24, 2.45) is 0 Å². The predicted molar refractivity (Wildman–Crippen MR) is 114 cm³/mol. The number of carbonyl (C=O) groups is 1. The van der Waals surface area contributed by atoms with Gasteiger partial charge in [-0.25, -0.2) is 4.98 Å². The van der Waals surface area contributed by atoms with Crippen LogP contribution in [0.3, 0.4) is 0 Å². The number of aromatic nitrogens is 3. The zero-order valence-electron chi connectivity index (χ0n) is 16.5. The summed E-state index contributed by atoms with van der Waals surface area (Å²) in [5, 5.41) is 7.94. The van der Waals surface area contributed by atoms with E-state index in [2.05, 4.69) is 31.3 Å². The van der Waals surface area contributed by atoms with Crippen molar-refractivity contribution in [1.29, 1.82) is 0 Å². The summed E-state index contributed by atoms with van der Waals surface area (Å²) in [5.41, 5.74) is 0. The second-order valence-corrected chi connectivity index (χ2v) is 8.88. The van der Waals surface area contributed by atoms with Crippen molar-refractivity contribution in [3.05, 3.63) is 36.7 Å². The Hall–Kier alpha value is -2.10. The lowest BCUT2D eigenvalue weighted by atomic mass is 10.1. The molecule has 0 unspecified atom stereocenters. The Balaban J connectivity index is 1.18. The minimum absolute atomic E-state index is 0.0117. The maximum Gasteiger partial charge on any atom is 0.240 e. The van der Waals surface area contributed by atoms with Crippen molar-refractivity contribution in [3.8, 4) is 5.82 Å². The molecule has 8 nitrogen and oxygen atoms in total. The van der Waals surface area contributed by atoms with Gasteiger partial charge in [0.05, 0.1) is 18.1 Å². The van der Waals surface area contributed by atoms with E-state index in [1.165, 1.54) is 0 Å². The van der Waals surface area contributed by atoms with E-state index in [1.54, 1.807) is 6.20 Å². The van der Waals surface area contributed by atoms with E-state index in [4.69, 9.17) is 0 Å². The first-order chi connectivity index (χ1) is 14.3. The number of anilines is 1. The zero-order valence-corrected chi connectivity index (χ0v) is 17.3. The SMILES string of the molecule is O=C([C@@H]1C[C@H](N2CCN(c3ccnn3-c3ccccn3)CC2)CN1)N1CCSC1. The fourth-order valence-corrected chi connectivity index (χ4v) is 5.45. The van der Waals surface area contributed by atoms with Crippen LogP contribution in [0, 0.1) is 0 Å². The van der Waals surface area contributed by atoms with Gasteiger partial charge in [0, 0.05) is 63.3 Å². The molecule has 3 aliphatic heterocycles. The molecule has 9 heteroatoms. The molecule has 0 bridgehead atoms. The third-order valence-corrected chi connectivity index (χ3v) is 7.08. The second kappa shape index (κ2) is 8.33. The van der Waals surface area contributed by atoms with Crippen LogP contribution in [0.1, 0.15) is 6.42 Å². The van der Waals surface area contributed by atoms with Gasteiger partial charge in [-0.15, -0.1) is 11.8 Å². The fraction of sp³-hybridized carbons (Fsp3) is 0.550. The number of nitrogens with one attached hydrogen (secondary N) is 1. The van der Waals surface area contributed by atoms with E-state index in [0.29, 0.717) is 6.04 Å². The van der Waals surface area contributed by atoms with Gasteiger partial charge < -0.3 is 15.1 Å². The number of piperazine rings is 1. The van der Waals surface area contributed by atoms with Crippen molar-refractivity contribution in [2.75, 3.05) is 55.8 Å². The van der Waals surface area contributed by atoms with Gasteiger partial charge >= 0.3 is 0 Å². The summed E-state index contributed by atoms with van der Waals surface area (Å²) in [6.45, 7) is 5.71. The highest BCUT2D eigenvalue weighted by Gasteiger charge is 2.36. The Morgan fingerprint density at radius 3 is 2.76 bits per heavy atom. The van der Waals surface area contributed by atoms with Crippen molar-refractivity contribution in [3.63, 3.8) is 0 Å². The molecule has 0 aromatic carbocycles. The zero-order chi connectivity index (χ0) is 19.6. The standard InChI is InChI=1S/C20H27N7OS/c28-20(26-11-12-29-15-26)17-13-16(14-22-17)24-7-9-25(10-8-24)19-4-6-23-27(19)18-3-1-2-5-21-18/h1-6,16-17,22H,7-15H2/t16-,17-/m0/s1. The van der Waals surface area contributed by atoms with E-state index in [-0.39, 0.29) is 11.9 Å². The number of amides is 1. The van der Waals surface area contributed by atoms with Crippen LogP contribution in [0.15, 0.2) is 36.7 Å². The molecule has 5 rings (SSSR count). The Morgan fingerprint density at radius 1 is 1.10 bits per heavy atom. The van der Waals surface area contributed by atoms with E-state index in [0.717, 1.165) is 69.0 Å². The van der Waals surface area contributed by atoms with Crippen LogP contribution in [-0.2, 0) is 4.79 Å². The van der Waals surface area contributed by atoms with Gasteiger partial charge in [-0.2, -0.15) is 9.78 Å². The molecule has 0 radical (unpaired) electrons. The van der Waals surface area contributed by atoms with Crippen molar-refractivity contribution >= 4 is 23.5 Å². The van der Waals surface area contributed by atoms with Gasteiger partial charge in [0.15, 0.2) is 5.82 Å². The lowest BCUT2D eigenvalue weighted by Gasteiger charge is -2.38. The molecule has 2 atom stereocenters. The van der Waals surface area contributed by atoms with Gasteiger partial charge in [0.25, 0.3) is 0 Å².